The Labute approximate surface area is 129 Å². The molecule has 0 aliphatic heterocycles. The largest absolute Gasteiger partial charge is 0.494 e. The first-order valence-electron chi connectivity index (χ1n) is 7.23. The van der Waals surface area contributed by atoms with Crippen molar-refractivity contribution >= 4 is 16.5 Å². The van der Waals surface area contributed by atoms with Crippen LogP contribution in [0.5, 0.6) is 11.5 Å². The fraction of sp³-hybridized carbons (Fsp3) is 0.467. The Balaban J connectivity index is 1.80. The first kappa shape index (κ1) is 15.6. The summed E-state index contributed by atoms with van der Waals surface area (Å²) < 4.78 is 11.2. The molecule has 0 atom stereocenters. The second-order valence-electron chi connectivity index (χ2n) is 4.54. The highest BCUT2D eigenvalue weighted by Crippen LogP contribution is 2.20. The van der Waals surface area contributed by atoms with Crippen molar-refractivity contribution in [2.75, 3.05) is 18.5 Å². The van der Waals surface area contributed by atoms with Gasteiger partial charge in [-0.05, 0) is 37.1 Å². The summed E-state index contributed by atoms with van der Waals surface area (Å²) in [4.78, 5) is 0. The van der Waals surface area contributed by atoms with Crippen molar-refractivity contribution in [2.45, 2.75) is 33.3 Å². The third-order valence-electron chi connectivity index (χ3n) is 2.65. The van der Waals surface area contributed by atoms with E-state index in [-0.39, 0.29) is 0 Å². The number of rotatable bonds is 9. The van der Waals surface area contributed by atoms with E-state index in [4.69, 9.17) is 9.47 Å². The Bertz CT molecular complexity index is 528. The Morgan fingerprint density at radius 2 is 1.71 bits per heavy atom. The number of anilines is 1. The van der Waals surface area contributed by atoms with Gasteiger partial charge in [0.05, 0.1) is 6.61 Å². The van der Waals surface area contributed by atoms with Crippen molar-refractivity contribution in [3.8, 4) is 11.5 Å². The summed E-state index contributed by atoms with van der Waals surface area (Å²) in [5, 5.41) is 13.1. The maximum absolute atomic E-state index is 5.69. The molecule has 6 heteroatoms. The van der Waals surface area contributed by atoms with Crippen LogP contribution in [0, 0.1) is 0 Å². The Kier molecular flexibility index (Phi) is 6.27. The van der Waals surface area contributed by atoms with Crippen LogP contribution in [0.2, 0.25) is 0 Å². The summed E-state index contributed by atoms with van der Waals surface area (Å²) in [6.45, 7) is 6.28. The average molecular weight is 307 g/mol. The van der Waals surface area contributed by atoms with Gasteiger partial charge in [-0.3, -0.25) is 0 Å². The van der Waals surface area contributed by atoms with E-state index in [0.29, 0.717) is 6.61 Å². The Morgan fingerprint density at radius 1 is 1.00 bits per heavy atom. The predicted octanol–water partition coefficient (Wildman–Crippen LogP) is 3.73. The molecule has 0 unspecified atom stereocenters. The van der Waals surface area contributed by atoms with Gasteiger partial charge in [0.25, 0.3) is 0 Å². The number of benzene rings is 1. The molecule has 0 bridgehead atoms. The van der Waals surface area contributed by atoms with E-state index in [9.17, 15) is 0 Å². The summed E-state index contributed by atoms with van der Waals surface area (Å²) in [5.74, 6) is 1.67. The number of ether oxygens (including phenoxy) is 2. The van der Waals surface area contributed by atoms with Crippen LogP contribution < -0.4 is 14.8 Å². The third-order valence-corrected chi connectivity index (χ3v) is 3.51. The summed E-state index contributed by atoms with van der Waals surface area (Å²) in [7, 11) is 0. The minimum absolute atomic E-state index is 0.431. The molecular weight excluding hydrogens is 286 g/mol. The lowest BCUT2D eigenvalue weighted by Gasteiger charge is -2.06. The highest BCUT2D eigenvalue weighted by Gasteiger charge is 2.04. The van der Waals surface area contributed by atoms with Crippen molar-refractivity contribution in [1.82, 2.24) is 10.2 Å². The second kappa shape index (κ2) is 8.46. The molecule has 0 aliphatic carbocycles. The average Bonchev–Trinajstić information content (AvgIpc) is 2.98. The zero-order chi connectivity index (χ0) is 14.9. The van der Waals surface area contributed by atoms with Gasteiger partial charge in [0.15, 0.2) is 5.01 Å². The van der Waals surface area contributed by atoms with Gasteiger partial charge in [0, 0.05) is 6.54 Å². The van der Waals surface area contributed by atoms with Crippen molar-refractivity contribution in [1.29, 1.82) is 0 Å². The molecule has 0 spiro atoms. The Morgan fingerprint density at radius 3 is 2.38 bits per heavy atom. The number of hydrogen-bond acceptors (Lipinski definition) is 6. The molecule has 1 N–H and O–H groups in total. The lowest BCUT2D eigenvalue weighted by atomic mass is 10.3. The van der Waals surface area contributed by atoms with Crippen molar-refractivity contribution < 1.29 is 9.47 Å². The highest BCUT2D eigenvalue weighted by molar-refractivity contribution is 7.15. The van der Waals surface area contributed by atoms with E-state index in [1.807, 2.05) is 24.3 Å². The smallest absolute Gasteiger partial charge is 0.205 e. The predicted molar refractivity (Wildman–Crippen MR) is 85.2 cm³/mol. The molecular formula is C15H21N3O2S. The van der Waals surface area contributed by atoms with Crippen LogP contribution in [-0.4, -0.2) is 23.3 Å². The van der Waals surface area contributed by atoms with Gasteiger partial charge in [-0.15, -0.1) is 10.2 Å². The van der Waals surface area contributed by atoms with Crippen LogP contribution in [-0.2, 0) is 6.61 Å². The standard InChI is InChI=1S/C15H21N3O2S/c1-3-9-16-15-18-17-14(21-15)11-20-13-7-5-12(6-8-13)19-10-4-2/h5-8H,3-4,9-11H2,1-2H3,(H,16,18). The molecule has 114 valence electrons. The van der Waals surface area contributed by atoms with Gasteiger partial charge in [-0.25, -0.2) is 0 Å². The Hall–Kier alpha value is -1.82. The molecule has 0 saturated carbocycles. The molecule has 1 aromatic carbocycles. The first-order chi connectivity index (χ1) is 10.3. The van der Waals surface area contributed by atoms with E-state index in [2.05, 4.69) is 29.4 Å². The molecule has 2 aromatic rings. The zero-order valence-electron chi connectivity index (χ0n) is 12.5. The van der Waals surface area contributed by atoms with Crippen LogP contribution in [0.1, 0.15) is 31.7 Å². The minimum Gasteiger partial charge on any atom is -0.494 e. The number of nitrogens with zero attached hydrogens (tertiary/aromatic N) is 2. The first-order valence-corrected chi connectivity index (χ1v) is 8.05. The maximum atomic E-state index is 5.69. The quantitative estimate of drug-likeness (QED) is 0.765. The van der Waals surface area contributed by atoms with Gasteiger partial charge in [0.1, 0.15) is 18.1 Å². The normalized spacial score (nSPS) is 10.4. The van der Waals surface area contributed by atoms with E-state index < -0.39 is 0 Å². The lowest BCUT2D eigenvalue weighted by Crippen LogP contribution is -1.98. The van der Waals surface area contributed by atoms with Crippen molar-refractivity contribution in [2.24, 2.45) is 0 Å². The molecule has 1 heterocycles. The molecule has 0 aliphatic rings. The summed E-state index contributed by atoms with van der Waals surface area (Å²) >= 11 is 1.52. The van der Waals surface area contributed by atoms with Crippen molar-refractivity contribution in [3.63, 3.8) is 0 Å². The highest BCUT2D eigenvalue weighted by atomic mass is 32.1. The van der Waals surface area contributed by atoms with Crippen LogP contribution >= 0.6 is 11.3 Å². The number of hydrogen-bond donors (Lipinski definition) is 1. The van der Waals surface area contributed by atoms with E-state index in [1.54, 1.807) is 0 Å². The van der Waals surface area contributed by atoms with Gasteiger partial charge >= 0.3 is 0 Å². The van der Waals surface area contributed by atoms with E-state index >= 15 is 0 Å². The monoisotopic (exact) mass is 307 g/mol. The minimum atomic E-state index is 0.431. The number of nitrogens with one attached hydrogen (secondary N) is 1. The molecule has 0 amide bonds. The van der Waals surface area contributed by atoms with Crippen LogP contribution in [0.3, 0.4) is 0 Å². The number of aromatic nitrogens is 2. The molecule has 0 fully saturated rings. The fourth-order valence-corrected chi connectivity index (χ4v) is 2.29. The maximum Gasteiger partial charge on any atom is 0.205 e. The van der Waals surface area contributed by atoms with Gasteiger partial charge in [-0.2, -0.15) is 0 Å². The molecule has 1 aromatic heterocycles. The summed E-state index contributed by atoms with van der Waals surface area (Å²) in [6.07, 6.45) is 2.07. The van der Waals surface area contributed by atoms with Crippen LogP contribution in [0.15, 0.2) is 24.3 Å². The molecule has 5 nitrogen and oxygen atoms in total. The second-order valence-corrected chi connectivity index (χ2v) is 5.60. The fourth-order valence-electron chi connectivity index (χ4n) is 1.61. The van der Waals surface area contributed by atoms with E-state index in [1.165, 1.54) is 11.3 Å². The van der Waals surface area contributed by atoms with Gasteiger partial charge in [-0.1, -0.05) is 25.2 Å². The lowest BCUT2D eigenvalue weighted by molar-refractivity contribution is 0.300. The SMILES string of the molecule is CCCNc1nnc(COc2ccc(OCCC)cc2)s1. The van der Waals surface area contributed by atoms with Crippen molar-refractivity contribution in [3.05, 3.63) is 29.3 Å². The van der Waals surface area contributed by atoms with Gasteiger partial charge in [0.2, 0.25) is 5.13 Å². The van der Waals surface area contributed by atoms with Gasteiger partial charge < -0.3 is 14.8 Å². The molecule has 0 saturated heterocycles. The summed E-state index contributed by atoms with van der Waals surface area (Å²) in [6, 6.07) is 7.64. The molecule has 0 radical (unpaired) electrons. The van der Waals surface area contributed by atoms with Crippen LogP contribution in [0.4, 0.5) is 5.13 Å². The third kappa shape index (κ3) is 5.23. The summed E-state index contributed by atoms with van der Waals surface area (Å²) in [5.41, 5.74) is 0. The van der Waals surface area contributed by atoms with Crippen LogP contribution in [0.25, 0.3) is 0 Å². The molecule has 21 heavy (non-hydrogen) atoms. The van der Waals surface area contributed by atoms with E-state index in [0.717, 1.165) is 47.6 Å². The molecule has 2 rings (SSSR count). The topological polar surface area (TPSA) is 56.3 Å². The zero-order valence-corrected chi connectivity index (χ0v) is 13.3.